The molecule has 4 atom stereocenters. The molecular formula is C14H20O3S. The third-order valence-corrected chi connectivity index (χ3v) is 6.21. The van der Waals surface area contributed by atoms with Crippen molar-refractivity contribution < 1.29 is 13.5 Å². The second kappa shape index (κ2) is 5.02. The molecule has 100 valence electrons. The van der Waals surface area contributed by atoms with Crippen molar-refractivity contribution in [3.8, 4) is 0 Å². The topological polar surface area (TPSA) is 54.4 Å². The van der Waals surface area contributed by atoms with Gasteiger partial charge in [0.1, 0.15) is 0 Å². The number of hydrogen-bond donors (Lipinski definition) is 1. The van der Waals surface area contributed by atoms with Gasteiger partial charge in [0.05, 0.1) is 16.2 Å². The van der Waals surface area contributed by atoms with Crippen molar-refractivity contribution in [3.05, 3.63) is 30.3 Å². The number of benzene rings is 1. The van der Waals surface area contributed by atoms with Crippen LogP contribution in [0.5, 0.6) is 0 Å². The monoisotopic (exact) mass is 268 g/mol. The molecule has 1 fully saturated rings. The zero-order valence-corrected chi connectivity index (χ0v) is 11.6. The maximum Gasteiger partial charge on any atom is 0.184 e. The molecule has 3 nitrogen and oxygen atoms in total. The molecular weight excluding hydrogens is 248 g/mol. The summed E-state index contributed by atoms with van der Waals surface area (Å²) < 4.78 is 25.1. The van der Waals surface area contributed by atoms with Crippen LogP contribution in [0.25, 0.3) is 0 Å². The van der Waals surface area contributed by atoms with Crippen molar-refractivity contribution in [2.24, 2.45) is 11.8 Å². The van der Waals surface area contributed by atoms with Crippen LogP contribution < -0.4 is 0 Å². The van der Waals surface area contributed by atoms with Gasteiger partial charge in [-0.15, -0.1) is 0 Å². The predicted octanol–water partition coefficient (Wildman–Crippen LogP) is 2.26. The first-order valence-electron chi connectivity index (χ1n) is 6.40. The summed E-state index contributed by atoms with van der Waals surface area (Å²) in [6, 6.07) is 8.44. The Morgan fingerprint density at radius 1 is 1.11 bits per heavy atom. The number of aliphatic hydroxyl groups is 1. The first kappa shape index (κ1) is 13.6. The molecule has 0 bridgehead atoms. The van der Waals surface area contributed by atoms with E-state index in [-0.39, 0.29) is 5.92 Å². The lowest BCUT2D eigenvalue weighted by Crippen LogP contribution is -2.44. The van der Waals surface area contributed by atoms with Gasteiger partial charge >= 0.3 is 0 Å². The maximum atomic E-state index is 12.6. The van der Waals surface area contributed by atoms with E-state index in [1.807, 2.05) is 6.92 Å². The van der Waals surface area contributed by atoms with Crippen LogP contribution in [0.2, 0.25) is 0 Å². The van der Waals surface area contributed by atoms with Crippen LogP contribution in [0.1, 0.15) is 26.7 Å². The molecule has 1 N–H and O–H groups in total. The Hall–Kier alpha value is -0.870. The second-order valence-electron chi connectivity index (χ2n) is 5.44. The molecule has 0 saturated heterocycles. The SMILES string of the molecule is CC1CC(C)C(S(=O)(=O)c2ccccc2)C(O)C1. The normalized spacial score (nSPS) is 33.3. The van der Waals surface area contributed by atoms with E-state index in [2.05, 4.69) is 6.92 Å². The standard InChI is InChI=1S/C14H20O3S/c1-10-8-11(2)14(13(15)9-10)18(16,17)12-6-4-3-5-7-12/h3-7,10-11,13-15H,8-9H2,1-2H3. The predicted molar refractivity (Wildman–Crippen MR) is 71.0 cm³/mol. The lowest BCUT2D eigenvalue weighted by molar-refractivity contribution is 0.0843. The number of sulfone groups is 1. The van der Waals surface area contributed by atoms with Crippen molar-refractivity contribution in [1.29, 1.82) is 0 Å². The molecule has 1 aromatic carbocycles. The summed E-state index contributed by atoms with van der Waals surface area (Å²) in [5.74, 6) is 0.381. The highest BCUT2D eigenvalue weighted by molar-refractivity contribution is 7.92. The van der Waals surface area contributed by atoms with Gasteiger partial charge in [0.25, 0.3) is 0 Å². The highest BCUT2D eigenvalue weighted by Gasteiger charge is 2.42. The Morgan fingerprint density at radius 3 is 2.28 bits per heavy atom. The maximum absolute atomic E-state index is 12.6. The molecule has 1 aromatic rings. The average Bonchev–Trinajstić information content (AvgIpc) is 2.28. The van der Waals surface area contributed by atoms with Gasteiger partial charge in [0.15, 0.2) is 9.84 Å². The summed E-state index contributed by atoms with van der Waals surface area (Å²) in [5.41, 5.74) is 0. The van der Waals surface area contributed by atoms with Gasteiger partial charge in [-0.05, 0) is 36.8 Å². The van der Waals surface area contributed by atoms with E-state index in [1.54, 1.807) is 30.3 Å². The van der Waals surface area contributed by atoms with E-state index in [9.17, 15) is 13.5 Å². The van der Waals surface area contributed by atoms with Crippen LogP contribution in [-0.2, 0) is 9.84 Å². The van der Waals surface area contributed by atoms with Crippen LogP contribution in [0.4, 0.5) is 0 Å². The average molecular weight is 268 g/mol. The highest BCUT2D eigenvalue weighted by Crippen LogP contribution is 2.35. The fourth-order valence-corrected chi connectivity index (χ4v) is 5.17. The van der Waals surface area contributed by atoms with E-state index in [4.69, 9.17) is 0 Å². The lowest BCUT2D eigenvalue weighted by Gasteiger charge is -2.36. The number of hydrogen-bond acceptors (Lipinski definition) is 3. The van der Waals surface area contributed by atoms with Crippen LogP contribution >= 0.6 is 0 Å². The molecule has 0 amide bonds. The minimum Gasteiger partial charge on any atom is -0.392 e. The molecule has 1 aliphatic rings. The lowest BCUT2D eigenvalue weighted by atomic mass is 9.81. The van der Waals surface area contributed by atoms with Crippen molar-refractivity contribution in [2.45, 2.75) is 42.9 Å². The largest absolute Gasteiger partial charge is 0.392 e. The van der Waals surface area contributed by atoms with Gasteiger partial charge in [-0.25, -0.2) is 8.42 Å². The van der Waals surface area contributed by atoms with Gasteiger partial charge in [-0.3, -0.25) is 0 Å². The van der Waals surface area contributed by atoms with Crippen LogP contribution in [0.3, 0.4) is 0 Å². The zero-order chi connectivity index (χ0) is 13.3. The molecule has 4 unspecified atom stereocenters. The van der Waals surface area contributed by atoms with Crippen LogP contribution in [0.15, 0.2) is 35.2 Å². The number of aliphatic hydroxyl groups excluding tert-OH is 1. The summed E-state index contributed by atoms with van der Waals surface area (Å²) in [6.07, 6.45) is 0.670. The quantitative estimate of drug-likeness (QED) is 0.895. The molecule has 0 heterocycles. The first-order valence-corrected chi connectivity index (χ1v) is 7.94. The Labute approximate surface area is 109 Å². The molecule has 0 aliphatic heterocycles. The Kier molecular flexibility index (Phi) is 3.78. The van der Waals surface area contributed by atoms with E-state index >= 15 is 0 Å². The smallest absolute Gasteiger partial charge is 0.184 e. The van der Waals surface area contributed by atoms with Crippen LogP contribution in [0, 0.1) is 11.8 Å². The van der Waals surface area contributed by atoms with Crippen molar-refractivity contribution in [1.82, 2.24) is 0 Å². The second-order valence-corrected chi connectivity index (χ2v) is 7.55. The highest BCUT2D eigenvalue weighted by atomic mass is 32.2. The van der Waals surface area contributed by atoms with Gasteiger partial charge in [0, 0.05) is 0 Å². The Balaban J connectivity index is 2.36. The van der Waals surface area contributed by atoms with Crippen LogP contribution in [-0.4, -0.2) is 24.9 Å². The molecule has 2 rings (SSSR count). The minimum absolute atomic E-state index is 0.00560. The number of rotatable bonds is 2. The van der Waals surface area contributed by atoms with Gasteiger partial charge in [-0.2, -0.15) is 0 Å². The van der Waals surface area contributed by atoms with Gasteiger partial charge < -0.3 is 5.11 Å². The fourth-order valence-electron chi connectivity index (χ4n) is 3.07. The minimum atomic E-state index is -3.43. The van der Waals surface area contributed by atoms with Crippen molar-refractivity contribution >= 4 is 9.84 Å². The van der Waals surface area contributed by atoms with E-state index in [1.165, 1.54) is 0 Å². The summed E-state index contributed by atoms with van der Waals surface area (Å²) in [5, 5.41) is 9.46. The summed E-state index contributed by atoms with van der Waals surface area (Å²) in [6.45, 7) is 3.98. The summed E-state index contributed by atoms with van der Waals surface area (Å²) >= 11 is 0. The molecule has 0 aromatic heterocycles. The molecule has 0 spiro atoms. The van der Waals surface area contributed by atoms with Gasteiger partial charge in [0.2, 0.25) is 0 Å². The van der Waals surface area contributed by atoms with Crippen molar-refractivity contribution in [2.75, 3.05) is 0 Å². The zero-order valence-electron chi connectivity index (χ0n) is 10.8. The third kappa shape index (κ3) is 2.45. The molecule has 1 aliphatic carbocycles. The van der Waals surface area contributed by atoms with E-state index in [0.29, 0.717) is 17.2 Å². The molecule has 0 radical (unpaired) electrons. The summed E-state index contributed by atoms with van der Waals surface area (Å²) in [7, 11) is -3.43. The molecule has 18 heavy (non-hydrogen) atoms. The first-order chi connectivity index (χ1) is 8.43. The molecule has 4 heteroatoms. The summed E-state index contributed by atoms with van der Waals surface area (Å²) in [4.78, 5) is 0.315. The van der Waals surface area contributed by atoms with E-state index in [0.717, 1.165) is 6.42 Å². The van der Waals surface area contributed by atoms with Crippen molar-refractivity contribution in [3.63, 3.8) is 0 Å². The Morgan fingerprint density at radius 2 is 1.72 bits per heavy atom. The third-order valence-electron chi connectivity index (χ3n) is 3.79. The molecule has 1 saturated carbocycles. The Bertz CT molecular complexity index is 483. The van der Waals surface area contributed by atoms with Gasteiger partial charge in [-0.1, -0.05) is 32.0 Å². The van der Waals surface area contributed by atoms with E-state index < -0.39 is 21.2 Å². The fraction of sp³-hybridized carbons (Fsp3) is 0.571.